The third-order valence-electron chi connectivity index (χ3n) is 3.57. The molecule has 7 heteroatoms. The summed E-state index contributed by atoms with van der Waals surface area (Å²) in [5.41, 5.74) is 1.55. The Hall–Kier alpha value is -2.83. The molecule has 0 bridgehead atoms. The molecule has 1 aromatic carbocycles. The van der Waals surface area contributed by atoms with Gasteiger partial charge in [-0.1, -0.05) is 18.2 Å². The number of carbonyl (C=O) groups excluding carboxylic acids is 3. The number of cyclic esters (lactones) is 1. The Kier molecular flexibility index (Phi) is 4.92. The predicted molar refractivity (Wildman–Crippen MR) is 84.1 cm³/mol. The van der Waals surface area contributed by atoms with Crippen molar-refractivity contribution in [3.8, 4) is 5.75 Å². The Bertz CT molecular complexity index is 691. The number of hydrogen-bond donors (Lipinski definition) is 1. The Labute approximate surface area is 139 Å². The zero-order valence-electron chi connectivity index (χ0n) is 13.9. The number of nitrogens with one attached hydrogen (secondary N) is 1. The average Bonchev–Trinajstić information content (AvgIpc) is 2.92. The first kappa shape index (κ1) is 17.5. The van der Waals surface area contributed by atoms with Crippen LogP contribution in [-0.2, 0) is 23.9 Å². The normalized spacial score (nSPS) is 20.2. The lowest BCUT2D eigenvalue weighted by atomic mass is 10.1. The number of methoxy groups -OCH3 is 1. The van der Waals surface area contributed by atoms with E-state index in [4.69, 9.17) is 9.47 Å². The van der Waals surface area contributed by atoms with E-state index >= 15 is 0 Å². The fourth-order valence-electron chi connectivity index (χ4n) is 2.26. The van der Waals surface area contributed by atoms with E-state index in [1.807, 2.05) is 32.0 Å². The van der Waals surface area contributed by atoms with Gasteiger partial charge in [0.15, 0.2) is 0 Å². The van der Waals surface area contributed by atoms with Crippen LogP contribution in [0.5, 0.6) is 5.75 Å². The van der Waals surface area contributed by atoms with Crippen molar-refractivity contribution in [2.45, 2.75) is 32.6 Å². The van der Waals surface area contributed by atoms with Gasteiger partial charge in [0.1, 0.15) is 11.8 Å². The maximum Gasteiger partial charge on any atom is 0.355 e. The van der Waals surface area contributed by atoms with E-state index in [1.165, 1.54) is 20.1 Å². The summed E-state index contributed by atoms with van der Waals surface area (Å²) >= 11 is 0. The van der Waals surface area contributed by atoms with Crippen molar-refractivity contribution in [2.75, 3.05) is 7.11 Å². The Morgan fingerprint density at radius 3 is 2.38 bits per heavy atom. The van der Waals surface area contributed by atoms with Gasteiger partial charge in [0, 0.05) is 12.2 Å². The monoisotopic (exact) mass is 333 g/mol. The maximum absolute atomic E-state index is 12.6. The molecule has 0 fully saturated rings. The van der Waals surface area contributed by atoms with Crippen LogP contribution in [0.25, 0.3) is 0 Å². The van der Waals surface area contributed by atoms with Gasteiger partial charge < -0.3 is 19.5 Å². The lowest BCUT2D eigenvalue weighted by Crippen LogP contribution is -2.54. The van der Waals surface area contributed by atoms with E-state index in [2.05, 4.69) is 10.1 Å². The largest absolute Gasteiger partial charge is 0.467 e. The van der Waals surface area contributed by atoms with Gasteiger partial charge in [-0.2, -0.15) is 0 Å². The molecule has 1 amide bonds. The zero-order valence-corrected chi connectivity index (χ0v) is 13.9. The van der Waals surface area contributed by atoms with E-state index in [9.17, 15) is 14.4 Å². The van der Waals surface area contributed by atoms with Crippen LogP contribution in [-0.4, -0.2) is 36.8 Å². The molecule has 7 nitrogen and oxygen atoms in total. The Morgan fingerprint density at radius 2 is 1.88 bits per heavy atom. The van der Waals surface area contributed by atoms with Crippen LogP contribution in [0.15, 0.2) is 30.4 Å². The van der Waals surface area contributed by atoms with Crippen molar-refractivity contribution in [3.63, 3.8) is 0 Å². The van der Waals surface area contributed by atoms with Crippen LogP contribution in [0, 0.1) is 13.8 Å². The minimum Gasteiger partial charge on any atom is -0.467 e. The second-order valence-electron chi connectivity index (χ2n) is 5.46. The van der Waals surface area contributed by atoms with Crippen LogP contribution in [0.4, 0.5) is 0 Å². The zero-order chi connectivity index (χ0) is 17.9. The number of aryl methyl sites for hydroxylation is 2. The molecule has 24 heavy (non-hydrogen) atoms. The Morgan fingerprint density at radius 1 is 1.25 bits per heavy atom. The minimum atomic E-state index is -1.96. The van der Waals surface area contributed by atoms with Crippen LogP contribution in [0.1, 0.15) is 18.1 Å². The molecule has 1 N–H and O–H groups in total. The molecular formula is C17H19NO6. The molecule has 2 atom stereocenters. The summed E-state index contributed by atoms with van der Waals surface area (Å²) in [5.74, 6) is -3.64. The first-order valence-corrected chi connectivity index (χ1v) is 7.35. The fraction of sp³-hybridized carbons (Fsp3) is 0.353. The summed E-state index contributed by atoms with van der Waals surface area (Å²) in [5, 5.41) is 2.43. The average molecular weight is 333 g/mol. The van der Waals surface area contributed by atoms with Gasteiger partial charge in [0.25, 0.3) is 0 Å². The number of amides is 1. The SMILES string of the molecule is COC(=O)C(C)NC(=O)C1(Oc2c(C)cccc2C)C=CC(=O)O1. The fourth-order valence-corrected chi connectivity index (χ4v) is 2.26. The van der Waals surface area contributed by atoms with Gasteiger partial charge in [-0.15, -0.1) is 0 Å². The van der Waals surface area contributed by atoms with Crippen LogP contribution >= 0.6 is 0 Å². The highest BCUT2D eigenvalue weighted by Gasteiger charge is 2.47. The summed E-state index contributed by atoms with van der Waals surface area (Å²) in [6.45, 7) is 5.08. The quantitative estimate of drug-likeness (QED) is 0.814. The number of ether oxygens (including phenoxy) is 3. The summed E-state index contributed by atoms with van der Waals surface area (Å²) < 4.78 is 15.4. The van der Waals surface area contributed by atoms with Gasteiger partial charge >= 0.3 is 23.6 Å². The molecule has 0 aliphatic carbocycles. The molecule has 1 heterocycles. The van der Waals surface area contributed by atoms with E-state index in [0.717, 1.165) is 17.2 Å². The molecule has 0 saturated heterocycles. The highest BCUT2D eigenvalue weighted by Crippen LogP contribution is 2.31. The molecule has 0 saturated carbocycles. The van der Waals surface area contributed by atoms with Gasteiger partial charge in [-0.3, -0.25) is 4.79 Å². The number of rotatable bonds is 5. The third kappa shape index (κ3) is 3.40. The lowest BCUT2D eigenvalue weighted by molar-refractivity contribution is -0.182. The molecule has 0 aromatic heterocycles. The van der Waals surface area contributed by atoms with Crippen molar-refractivity contribution < 1.29 is 28.6 Å². The third-order valence-corrected chi connectivity index (χ3v) is 3.57. The standard InChI is InChI=1S/C17H19NO6/c1-10-6-5-7-11(2)14(10)24-17(9-8-13(19)23-17)16(21)18-12(3)15(20)22-4/h5-9,12H,1-4H3,(H,18,21). The topological polar surface area (TPSA) is 90.9 Å². The first-order chi connectivity index (χ1) is 11.3. The number of hydrogen-bond acceptors (Lipinski definition) is 6. The second kappa shape index (κ2) is 6.74. The highest BCUT2D eigenvalue weighted by molar-refractivity contribution is 5.97. The number of para-hydroxylation sites is 1. The molecule has 2 rings (SSSR count). The van der Waals surface area contributed by atoms with Gasteiger partial charge in [-0.05, 0) is 31.9 Å². The van der Waals surface area contributed by atoms with E-state index < -0.39 is 29.7 Å². The van der Waals surface area contributed by atoms with Crippen LogP contribution < -0.4 is 10.1 Å². The summed E-state index contributed by atoms with van der Waals surface area (Å²) in [7, 11) is 1.21. The maximum atomic E-state index is 12.6. The predicted octanol–water partition coefficient (Wildman–Crippen LogP) is 1.17. The van der Waals surface area contributed by atoms with E-state index in [1.54, 1.807) is 0 Å². The molecule has 0 radical (unpaired) electrons. The second-order valence-corrected chi connectivity index (χ2v) is 5.46. The highest BCUT2D eigenvalue weighted by atomic mass is 16.7. The van der Waals surface area contributed by atoms with Crippen molar-refractivity contribution in [3.05, 3.63) is 41.5 Å². The summed E-state index contributed by atoms with van der Waals surface area (Å²) in [6.07, 6.45) is 2.33. The molecule has 1 aliphatic heterocycles. The molecule has 128 valence electrons. The van der Waals surface area contributed by atoms with Crippen molar-refractivity contribution in [1.82, 2.24) is 5.32 Å². The first-order valence-electron chi connectivity index (χ1n) is 7.35. The van der Waals surface area contributed by atoms with Crippen LogP contribution in [0.2, 0.25) is 0 Å². The molecule has 1 aliphatic rings. The lowest BCUT2D eigenvalue weighted by Gasteiger charge is -2.28. The van der Waals surface area contributed by atoms with Crippen molar-refractivity contribution in [2.24, 2.45) is 0 Å². The minimum absolute atomic E-state index is 0.428. The van der Waals surface area contributed by atoms with Gasteiger partial charge in [0.2, 0.25) is 0 Å². The van der Waals surface area contributed by atoms with Gasteiger partial charge in [-0.25, -0.2) is 9.59 Å². The van der Waals surface area contributed by atoms with Crippen molar-refractivity contribution in [1.29, 1.82) is 0 Å². The molecule has 1 aromatic rings. The molecule has 0 spiro atoms. The van der Waals surface area contributed by atoms with E-state index in [0.29, 0.717) is 5.75 Å². The summed E-state index contributed by atoms with van der Waals surface area (Å²) in [4.78, 5) is 35.6. The number of esters is 2. The molecular weight excluding hydrogens is 314 g/mol. The smallest absolute Gasteiger partial charge is 0.355 e. The number of benzene rings is 1. The molecule has 2 unspecified atom stereocenters. The number of carbonyl (C=O) groups is 3. The van der Waals surface area contributed by atoms with Crippen molar-refractivity contribution >= 4 is 17.8 Å². The summed E-state index contributed by atoms with van der Waals surface area (Å²) in [6, 6.07) is 4.55. The van der Waals surface area contributed by atoms with Crippen LogP contribution in [0.3, 0.4) is 0 Å². The van der Waals surface area contributed by atoms with E-state index in [-0.39, 0.29) is 0 Å². The van der Waals surface area contributed by atoms with Gasteiger partial charge in [0.05, 0.1) is 7.11 Å². The Balaban J connectivity index is 2.31.